The van der Waals surface area contributed by atoms with Crippen LogP contribution in [0.15, 0.2) is 12.3 Å². The normalized spacial score (nSPS) is 17.0. The van der Waals surface area contributed by atoms with Crippen LogP contribution in [0.1, 0.15) is 29.6 Å². The molecule has 0 radical (unpaired) electrons. The van der Waals surface area contributed by atoms with Crippen LogP contribution in [0.5, 0.6) is 0 Å². The lowest BCUT2D eigenvalue weighted by atomic mass is 9.80. The second kappa shape index (κ2) is 5.12. The van der Waals surface area contributed by atoms with Crippen molar-refractivity contribution in [1.82, 2.24) is 10.3 Å². The Balaban J connectivity index is 1.97. The molecule has 0 aliphatic heterocycles. The van der Waals surface area contributed by atoms with Crippen LogP contribution in [0.3, 0.4) is 0 Å². The van der Waals surface area contributed by atoms with Crippen molar-refractivity contribution in [3.63, 3.8) is 0 Å². The summed E-state index contributed by atoms with van der Waals surface area (Å²) in [6.07, 6.45) is 4.50. The number of amides is 1. The maximum atomic E-state index is 11.9. The fourth-order valence-corrected chi connectivity index (χ4v) is 2.11. The molecule has 0 atom stereocenters. The summed E-state index contributed by atoms with van der Waals surface area (Å²) in [4.78, 5) is 15.8. The maximum Gasteiger partial charge on any atom is 0.253 e. The molecule has 0 unspecified atom stereocenters. The Kier molecular flexibility index (Phi) is 3.73. The minimum absolute atomic E-state index is 0.194. The van der Waals surface area contributed by atoms with Gasteiger partial charge in [0.2, 0.25) is 0 Å². The number of ether oxygens (including phenoxy) is 1. The standard InChI is InChI=1S/C12H16ClN3O2/c1-18-12(3-2-4-12)7-16-11(17)8-5-9(13)10(14)15-6-8/h5-6H,2-4,7H2,1H3,(H2,14,15)(H,16,17). The molecule has 1 aromatic heterocycles. The van der Waals surface area contributed by atoms with Crippen LogP contribution in [0.25, 0.3) is 0 Å². The lowest BCUT2D eigenvalue weighted by Crippen LogP contribution is -2.49. The number of nitrogens with zero attached hydrogens (tertiary/aromatic N) is 1. The van der Waals surface area contributed by atoms with Crippen LogP contribution in [-0.4, -0.2) is 30.1 Å². The van der Waals surface area contributed by atoms with Crippen molar-refractivity contribution < 1.29 is 9.53 Å². The Hall–Kier alpha value is -1.33. The Morgan fingerprint density at radius 3 is 2.89 bits per heavy atom. The lowest BCUT2D eigenvalue weighted by molar-refractivity contribution is -0.0679. The highest BCUT2D eigenvalue weighted by Crippen LogP contribution is 2.34. The topological polar surface area (TPSA) is 77.2 Å². The van der Waals surface area contributed by atoms with Gasteiger partial charge in [-0.3, -0.25) is 4.79 Å². The number of methoxy groups -OCH3 is 1. The van der Waals surface area contributed by atoms with Gasteiger partial charge in [0.05, 0.1) is 16.2 Å². The third-order valence-corrected chi connectivity index (χ3v) is 3.70. The van der Waals surface area contributed by atoms with Gasteiger partial charge in [0.15, 0.2) is 0 Å². The Bertz CT molecular complexity index is 455. The van der Waals surface area contributed by atoms with E-state index >= 15 is 0 Å². The number of halogens is 1. The van der Waals surface area contributed by atoms with Gasteiger partial charge in [-0.25, -0.2) is 4.98 Å². The fourth-order valence-electron chi connectivity index (χ4n) is 1.94. The lowest BCUT2D eigenvalue weighted by Gasteiger charge is -2.40. The third-order valence-electron chi connectivity index (χ3n) is 3.40. The number of aromatic nitrogens is 1. The second-order valence-corrected chi connectivity index (χ2v) is 4.92. The smallest absolute Gasteiger partial charge is 0.253 e. The molecule has 1 aliphatic carbocycles. The van der Waals surface area contributed by atoms with Gasteiger partial charge in [-0.1, -0.05) is 11.6 Å². The SMILES string of the molecule is COC1(CNC(=O)c2cnc(N)c(Cl)c2)CCC1. The van der Waals surface area contributed by atoms with Crippen LogP contribution >= 0.6 is 11.6 Å². The average molecular weight is 270 g/mol. The van der Waals surface area contributed by atoms with E-state index < -0.39 is 0 Å². The van der Waals surface area contributed by atoms with Gasteiger partial charge in [-0.05, 0) is 25.3 Å². The number of pyridine rings is 1. The van der Waals surface area contributed by atoms with Crippen LogP contribution in [0.2, 0.25) is 5.02 Å². The van der Waals surface area contributed by atoms with Crippen LogP contribution in [0, 0.1) is 0 Å². The minimum Gasteiger partial charge on any atom is -0.382 e. The van der Waals surface area contributed by atoms with Gasteiger partial charge in [0.1, 0.15) is 5.82 Å². The molecule has 0 saturated heterocycles. The quantitative estimate of drug-likeness (QED) is 0.871. The van der Waals surface area contributed by atoms with Gasteiger partial charge in [0, 0.05) is 19.9 Å². The summed E-state index contributed by atoms with van der Waals surface area (Å²) in [5, 5.41) is 3.12. The summed E-state index contributed by atoms with van der Waals surface area (Å²) >= 11 is 5.82. The Morgan fingerprint density at radius 2 is 2.39 bits per heavy atom. The van der Waals surface area contributed by atoms with Gasteiger partial charge >= 0.3 is 0 Å². The molecule has 18 heavy (non-hydrogen) atoms. The fraction of sp³-hybridized carbons (Fsp3) is 0.500. The van der Waals surface area contributed by atoms with Gasteiger partial charge in [-0.15, -0.1) is 0 Å². The van der Waals surface area contributed by atoms with E-state index in [-0.39, 0.29) is 22.3 Å². The summed E-state index contributed by atoms with van der Waals surface area (Å²) in [6.45, 7) is 0.504. The van der Waals surface area contributed by atoms with Gasteiger partial charge in [0.25, 0.3) is 5.91 Å². The van der Waals surface area contributed by atoms with Gasteiger partial charge in [-0.2, -0.15) is 0 Å². The first-order valence-electron chi connectivity index (χ1n) is 5.81. The number of carbonyl (C=O) groups is 1. The second-order valence-electron chi connectivity index (χ2n) is 4.51. The molecular formula is C12H16ClN3O2. The molecule has 1 aromatic rings. The molecular weight excluding hydrogens is 254 g/mol. The Labute approximate surface area is 111 Å². The maximum absolute atomic E-state index is 11.9. The third kappa shape index (κ3) is 2.57. The monoisotopic (exact) mass is 269 g/mol. The number of anilines is 1. The molecule has 0 aromatic carbocycles. The van der Waals surface area contributed by atoms with Crippen molar-refractivity contribution in [3.8, 4) is 0 Å². The van der Waals surface area contributed by atoms with Crippen molar-refractivity contribution in [2.75, 3.05) is 19.4 Å². The highest BCUT2D eigenvalue weighted by molar-refractivity contribution is 6.33. The average Bonchev–Trinajstić information content (AvgIpc) is 2.31. The molecule has 6 heteroatoms. The van der Waals surface area contributed by atoms with E-state index in [1.807, 2.05) is 0 Å². The molecule has 3 N–H and O–H groups in total. The molecule has 0 bridgehead atoms. The van der Waals surface area contributed by atoms with Gasteiger partial charge < -0.3 is 15.8 Å². The van der Waals surface area contributed by atoms with E-state index in [2.05, 4.69) is 10.3 Å². The molecule has 1 fully saturated rings. The number of hydrogen-bond donors (Lipinski definition) is 2. The predicted octanol–water partition coefficient (Wildman–Crippen LogP) is 1.62. The summed E-state index contributed by atoms with van der Waals surface area (Å²) in [5.41, 5.74) is 5.70. The van der Waals surface area contributed by atoms with E-state index in [1.54, 1.807) is 7.11 Å². The summed E-state index contributed by atoms with van der Waals surface area (Å²) in [7, 11) is 1.67. The van der Waals surface area contributed by atoms with Crippen molar-refractivity contribution >= 4 is 23.3 Å². The molecule has 0 spiro atoms. The van der Waals surface area contributed by atoms with E-state index in [4.69, 9.17) is 22.1 Å². The van der Waals surface area contributed by atoms with Crippen molar-refractivity contribution in [1.29, 1.82) is 0 Å². The number of nitrogens with one attached hydrogen (secondary N) is 1. The molecule has 1 amide bonds. The zero-order chi connectivity index (χ0) is 13.2. The summed E-state index contributed by atoms with van der Waals surface area (Å²) < 4.78 is 5.43. The molecule has 5 nitrogen and oxygen atoms in total. The van der Waals surface area contributed by atoms with Crippen molar-refractivity contribution in [2.45, 2.75) is 24.9 Å². The highest BCUT2D eigenvalue weighted by Gasteiger charge is 2.37. The first kappa shape index (κ1) is 13.1. The summed E-state index contributed by atoms with van der Waals surface area (Å²) in [5.74, 6) is 0.00768. The first-order valence-corrected chi connectivity index (χ1v) is 6.18. The zero-order valence-corrected chi connectivity index (χ0v) is 11.0. The number of nitrogen functional groups attached to an aromatic ring is 1. The van der Waals surface area contributed by atoms with E-state index in [1.165, 1.54) is 12.3 Å². The molecule has 1 heterocycles. The van der Waals surface area contributed by atoms with Crippen LogP contribution in [-0.2, 0) is 4.74 Å². The zero-order valence-electron chi connectivity index (χ0n) is 10.2. The highest BCUT2D eigenvalue weighted by atomic mass is 35.5. The number of rotatable bonds is 4. The van der Waals surface area contributed by atoms with E-state index in [0.717, 1.165) is 19.3 Å². The number of carbonyl (C=O) groups excluding carboxylic acids is 1. The van der Waals surface area contributed by atoms with Crippen LogP contribution < -0.4 is 11.1 Å². The van der Waals surface area contributed by atoms with E-state index in [9.17, 15) is 4.79 Å². The number of hydrogen-bond acceptors (Lipinski definition) is 4. The van der Waals surface area contributed by atoms with Crippen molar-refractivity contribution in [2.24, 2.45) is 0 Å². The predicted molar refractivity (Wildman–Crippen MR) is 69.6 cm³/mol. The number of nitrogens with two attached hydrogens (primary N) is 1. The Morgan fingerprint density at radius 1 is 1.67 bits per heavy atom. The molecule has 2 rings (SSSR count). The first-order chi connectivity index (χ1) is 8.56. The molecule has 1 saturated carbocycles. The minimum atomic E-state index is -0.215. The molecule has 98 valence electrons. The van der Waals surface area contributed by atoms with Crippen LogP contribution in [0.4, 0.5) is 5.82 Å². The summed E-state index contributed by atoms with van der Waals surface area (Å²) in [6, 6.07) is 1.51. The molecule has 1 aliphatic rings. The van der Waals surface area contributed by atoms with Crippen molar-refractivity contribution in [3.05, 3.63) is 22.8 Å². The largest absolute Gasteiger partial charge is 0.382 e. The van der Waals surface area contributed by atoms with E-state index in [0.29, 0.717) is 12.1 Å².